The summed E-state index contributed by atoms with van der Waals surface area (Å²) in [6.45, 7) is 4.48. The maximum absolute atomic E-state index is 11.6. The number of primary amides is 1. The smallest absolute Gasteiger partial charge is 0.223 e. The van der Waals surface area contributed by atoms with Crippen molar-refractivity contribution in [3.05, 3.63) is 30.0 Å². The summed E-state index contributed by atoms with van der Waals surface area (Å²) in [7, 11) is 0. The first-order chi connectivity index (χ1) is 12.1. The van der Waals surface area contributed by atoms with Crippen molar-refractivity contribution >= 4 is 22.8 Å². The molecule has 0 unspecified atom stereocenters. The molecular formula is C19H24N4O2. The Labute approximate surface area is 147 Å². The van der Waals surface area contributed by atoms with Gasteiger partial charge >= 0.3 is 0 Å². The SMILES string of the molecule is Cc1nc2ccccc2nc1N1CCC([C@H]2OCC[C@@H]2C(N)=O)CC1. The van der Waals surface area contributed by atoms with Crippen LogP contribution in [-0.2, 0) is 9.53 Å². The molecule has 132 valence electrons. The van der Waals surface area contributed by atoms with Gasteiger partial charge in [0.25, 0.3) is 0 Å². The molecule has 0 saturated carbocycles. The molecule has 6 nitrogen and oxygen atoms in total. The number of aromatic nitrogens is 2. The maximum atomic E-state index is 11.6. The number of aryl methyl sites for hydroxylation is 1. The predicted octanol–water partition coefficient (Wildman–Crippen LogP) is 2.05. The third-order valence-corrected chi connectivity index (χ3v) is 5.52. The van der Waals surface area contributed by atoms with Gasteiger partial charge in [0.2, 0.25) is 5.91 Å². The zero-order valence-electron chi connectivity index (χ0n) is 14.5. The molecule has 0 radical (unpaired) electrons. The lowest BCUT2D eigenvalue weighted by atomic mass is 9.84. The molecule has 2 aromatic rings. The molecule has 25 heavy (non-hydrogen) atoms. The highest BCUT2D eigenvalue weighted by atomic mass is 16.5. The summed E-state index contributed by atoms with van der Waals surface area (Å²) in [6, 6.07) is 7.97. The highest BCUT2D eigenvalue weighted by molar-refractivity contribution is 5.78. The fourth-order valence-electron chi connectivity index (χ4n) is 4.20. The molecule has 2 saturated heterocycles. The minimum absolute atomic E-state index is 0.0107. The quantitative estimate of drug-likeness (QED) is 0.925. The number of hydrogen-bond acceptors (Lipinski definition) is 5. The number of hydrogen-bond donors (Lipinski definition) is 1. The van der Waals surface area contributed by atoms with E-state index in [1.807, 2.05) is 31.2 Å². The number of fused-ring (bicyclic) bond motifs is 1. The van der Waals surface area contributed by atoms with Gasteiger partial charge in [-0.15, -0.1) is 0 Å². The highest BCUT2D eigenvalue weighted by Crippen LogP contribution is 2.34. The average Bonchev–Trinajstić information content (AvgIpc) is 3.11. The molecule has 4 rings (SSSR count). The van der Waals surface area contributed by atoms with Crippen molar-refractivity contribution in [2.45, 2.75) is 32.3 Å². The van der Waals surface area contributed by atoms with Gasteiger partial charge in [-0.25, -0.2) is 9.97 Å². The predicted molar refractivity (Wildman–Crippen MR) is 96.3 cm³/mol. The Kier molecular flexibility index (Phi) is 4.29. The Morgan fingerprint density at radius 3 is 2.52 bits per heavy atom. The Balaban J connectivity index is 1.49. The monoisotopic (exact) mass is 340 g/mol. The first-order valence-electron chi connectivity index (χ1n) is 9.03. The third-order valence-electron chi connectivity index (χ3n) is 5.52. The molecule has 2 aliphatic heterocycles. The maximum Gasteiger partial charge on any atom is 0.223 e. The first kappa shape index (κ1) is 16.3. The number of para-hydroxylation sites is 2. The largest absolute Gasteiger partial charge is 0.377 e. The second-order valence-electron chi connectivity index (χ2n) is 7.08. The number of carbonyl (C=O) groups excluding carboxylic acids is 1. The normalized spacial score (nSPS) is 24.8. The summed E-state index contributed by atoms with van der Waals surface area (Å²) in [4.78, 5) is 23.4. The van der Waals surface area contributed by atoms with Crippen LogP contribution in [0.1, 0.15) is 25.0 Å². The molecule has 0 aliphatic carbocycles. The van der Waals surface area contributed by atoms with Gasteiger partial charge in [-0.1, -0.05) is 12.1 Å². The number of benzene rings is 1. The molecule has 2 atom stereocenters. The van der Waals surface area contributed by atoms with Crippen LogP contribution >= 0.6 is 0 Å². The molecule has 6 heteroatoms. The number of piperidine rings is 1. The minimum atomic E-state index is -0.221. The molecule has 2 aliphatic rings. The first-order valence-corrected chi connectivity index (χ1v) is 9.03. The van der Waals surface area contributed by atoms with Crippen LogP contribution in [0, 0.1) is 18.8 Å². The summed E-state index contributed by atoms with van der Waals surface area (Å²) in [5, 5.41) is 0. The zero-order chi connectivity index (χ0) is 17.4. The Morgan fingerprint density at radius 1 is 1.16 bits per heavy atom. The number of nitrogens with two attached hydrogens (primary N) is 1. The molecule has 1 amide bonds. The zero-order valence-corrected chi connectivity index (χ0v) is 14.5. The van der Waals surface area contributed by atoms with E-state index in [0.29, 0.717) is 12.5 Å². The number of carbonyl (C=O) groups is 1. The van der Waals surface area contributed by atoms with Crippen LogP contribution in [0.4, 0.5) is 5.82 Å². The summed E-state index contributed by atoms with van der Waals surface area (Å²) >= 11 is 0. The van der Waals surface area contributed by atoms with Crippen LogP contribution in [0.25, 0.3) is 11.0 Å². The summed E-state index contributed by atoms with van der Waals surface area (Å²) in [5.74, 6) is 1.01. The number of rotatable bonds is 3. The van der Waals surface area contributed by atoms with E-state index in [0.717, 1.165) is 54.9 Å². The van der Waals surface area contributed by atoms with Crippen LogP contribution in [0.5, 0.6) is 0 Å². The van der Waals surface area contributed by atoms with E-state index >= 15 is 0 Å². The van der Waals surface area contributed by atoms with Gasteiger partial charge in [0, 0.05) is 19.7 Å². The van der Waals surface area contributed by atoms with Crippen molar-refractivity contribution in [2.75, 3.05) is 24.6 Å². The van der Waals surface area contributed by atoms with Gasteiger partial charge in [-0.05, 0) is 44.2 Å². The molecule has 2 fully saturated rings. The second kappa shape index (κ2) is 6.59. The third kappa shape index (κ3) is 3.06. The van der Waals surface area contributed by atoms with E-state index in [9.17, 15) is 4.79 Å². The van der Waals surface area contributed by atoms with E-state index in [1.165, 1.54) is 0 Å². The van der Waals surface area contributed by atoms with Gasteiger partial charge in [0.1, 0.15) is 0 Å². The standard InChI is InChI=1S/C19H24N4O2/c1-12-19(22-16-5-3-2-4-15(16)21-12)23-9-6-13(7-10-23)17-14(18(20)24)8-11-25-17/h2-5,13-14,17H,6-11H2,1H3,(H2,20,24)/t14-,17+/m0/s1. The van der Waals surface area contributed by atoms with Crippen LogP contribution in [0.15, 0.2) is 24.3 Å². The lowest BCUT2D eigenvalue weighted by molar-refractivity contribution is -0.124. The van der Waals surface area contributed by atoms with Crippen LogP contribution in [0.3, 0.4) is 0 Å². The van der Waals surface area contributed by atoms with Crippen molar-refractivity contribution in [1.29, 1.82) is 0 Å². The molecule has 1 aromatic heterocycles. The number of anilines is 1. The summed E-state index contributed by atoms with van der Waals surface area (Å²) in [6.07, 6.45) is 2.73. The van der Waals surface area contributed by atoms with E-state index in [2.05, 4.69) is 4.90 Å². The van der Waals surface area contributed by atoms with Crippen molar-refractivity contribution < 1.29 is 9.53 Å². The van der Waals surface area contributed by atoms with Crippen LogP contribution in [-0.4, -0.2) is 41.7 Å². The minimum Gasteiger partial charge on any atom is -0.377 e. The topological polar surface area (TPSA) is 81.3 Å². The van der Waals surface area contributed by atoms with Gasteiger partial charge < -0.3 is 15.4 Å². The number of nitrogens with zero attached hydrogens (tertiary/aromatic N) is 3. The van der Waals surface area contributed by atoms with E-state index in [4.69, 9.17) is 20.4 Å². The second-order valence-corrected chi connectivity index (χ2v) is 7.08. The molecular weight excluding hydrogens is 316 g/mol. The Bertz CT molecular complexity index is 786. The molecule has 2 N–H and O–H groups in total. The fourth-order valence-corrected chi connectivity index (χ4v) is 4.20. The Hall–Kier alpha value is -2.21. The van der Waals surface area contributed by atoms with Gasteiger partial charge in [0.15, 0.2) is 5.82 Å². The lowest BCUT2D eigenvalue weighted by Gasteiger charge is -2.36. The van der Waals surface area contributed by atoms with Gasteiger partial charge in [-0.3, -0.25) is 4.79 Å². The highest BCUT2D eigenvalue weighted by Gasteiger charge is 2.39. The summed E-state index contributed by atoms with van der Waals surface area (Å²) in [5.41, 5.74) is 8.36. The van der Waals surface area contributed by atoms with Crippen molar-refractivity contribution in [3.63, 3.8) is 0 Å². The van der Waals surface area contributed by atoms with Crippen LogP contribution < -0.4 is 10.6 Å². The van der Waals surface area contributed by atoms with Gasteiger partial charge in [0.05, 0.1) is 28.7 Å². The van der Waals surface area contributed by atoms with E-state index < -0.39 is 0 Å². The van der Waals surface area contributed by atoms with Crippen molar-refractivity contribution in [2.24, 2.45) is 17.6 Å². The number of amides is 1. The van der Waals surface area contributed by atoms with E-state index in [1.54, 1.807) is 0 Å². The van der Waals surface area contributed by atoms with Crippen molar-refractivity contribution in [3.8, 4) is 0 Å². The average molecular weight is 340 g/mol. The lowest BCUT2D eigenvalue weighted by Crippen LogP contribution is -2.42. The van der Waals surface area contributed by atoms with E-state index in [-0.39, 0.29) is 17.9 Å². The fraction of sp³-hybridized carbons (Fsp3) is 0.526. The molecule has 0 bridgehead atoms. The summed E-state index contributed by atoms with van der Waals surface area (Å²) < 4.78 is 5.84. The van der Waals surface area contributed by atoms with Crippen molar-refractivity contribution in [1.82, 2.24) is 9.97 Å². The number of ether oxygens (including phenoxy) is 1. The molecule has 3 heterocycles. The Morgan fingerprint density at radius 2 is 1.84 bits per heavy atom. The molecule has 1 aromatic carbocycles. The van der Waals surface area contributed by atoms with Crippen LogP contribution in [0.2, 0.25) is 0 Å². The van der Waals surface area contributed by atoms with Gasteiger partial charge in [-0.2, -0.15) is 0 Å². The molecule has 0 spiro atoms.